The molecule has 0 aliphatic carbocycles. The number of ether oxygens (including phenoxy) is 2. The van der Waals surface area contributed by atoms with Crippen molar-refractivity contribution in [1.29, 1.82) is 0 Å². The van der Waals surface area contributed by atoms with Gasteiger partial charge < -0.3 is 9.47 Å². The molecule has 0 radical (unpaired) electrons. The minimum Gasteiger partial charge on any atom is -0.493 e. The Morgan fingerprint density at radius 2 is 2.16 bits per heavy atom. The highest BCUT2D eigenvalue weighted by atomic mass is 16.5. The van der Waals surface area contributed by atoms with E-state index in [4.69, 9.17) is 9.47 Å². The molecular weight excluding hydrogens is 244 g/mol. The maximum Gasteiger partial charge on any atom is 0.306 e. The van der Waals surface area contributed by atoms with E-state index in [2.05, 4.69) is 0 Å². The molecular formula is C15H18O4. The van der Waals surface area contributed by atoms with Crippen LogP contribution in [-0.4, -0.2) is 25.0 Å². The molecule has 0 spiro atoms. The molecule has 0 unspecified atom stereocenters. The molecule has 0 fully saturated rings. The van der Waals surface area contributed by atoms with Gasteiger partial charge in [-0.15, -0.1) is 0 Å². The van der Waals surface area contributed by atoms with Gasteiger partial charge in [-0.1, -0.05) is 12.1 Å². The van der Waals surface area contributed by atoms with Crippen LogP contribution in [0.5, 0.6) is 5.75 Å². The summed E-state index contributed by atoms with van der Waals surface area (Å²) >= 11 is 0. The summed E-state index contributed by atoms with van der Waals surface area (Å²) < 4.78 is 10.2. The van der Waals surface area contributed by atoms with Crippen molar-refractivity contribution in [3.63, 3.8) is 0 Å². The van der Waals surface area contributed by atoms with Gasteiger partial charge in [-0.3, -0.25) is 9.59 Å². The van der Waals surface area contributed by atoms with Gasteiger partial charge >= 0.3 is 5.97 Å². The molecule has 102 valence electrons. The molecule has 0 saturated carbocycles. The van der Waals surface area contributed by atoms with Crippen LogP contribution in [0.4, 0.5) is 0 Å². The summed E-state index contributed by atoms with van der Waals surface area (Å²) in [5.74, 6) is 0.674. The lowest BCUT2D eigenvalue weighted by molar-refractivity contribution is -0.144. The zero-order valence-corrected chi connectivity index (χ0v) is 11.1. The van der Waals surface area contributed by atoms with E-state index in [9.17, 15) is 9.59 Å². The summed E-state index contributed by atoms with van der Waals surface area (Å²) in [7, 11) is 0. The number of ketones is 1. The smallest absolute Gasteiger partial charge is 0.306 e. The lowest BCUT2D eigenvalue weighted by Crippen LogP contribution is -2.09. The normalized spacial score (nSPS) is 12.7. The first-order valence-corrected chi connectivity index (χ1v) is 6.61. The zero-order chi connectivity index (χ0) is 13.7. The van der Waals surface area contributed by atoms with Crippen molar-refractivity contribution in [2.75, 3.05) is 13.2 Å². The molecule has 4 heteroatoms. The Morgan fingerprint density at radius 1 is 1.32 bits per heavy atom. The van der Waals surface area contributed by atoms with Gasteiger partial charge in [0.2, 0.25) is 0 Å². The highest BCUT2D eigenvalue weighted by Gasteiger charge is 2.14. The molecule has 0 bridgehead atoms. The van der Waals surface area contributed by atoms with E-state index < -0.39 is 0 Å². The number of benzene rings is 1. The Labute approximate surface area is 112 Å². The Kier molecular flexibility index (Phi) is 4.55. The second-order valence-electron chi connectivity index (χ2n) is 4.56. The van der Waals surface area contributed by atoms with Crippen LogP contribution in [0.15, 0.2) is 18.2 Å². The summed E-state index contributed by atoms with van der Waals surface area (Å²) in [6.07, 6.45) is 1.68. The number of fused-ring (bicyclic) bond motifs is 1. The predicted molar refractivity (Wildman–Crippen MR) is 70.2 cm³/mol. The SMILES string of the molecule is CCOC(=O)CCC(=O)Cc1ccc2c(c1)CCO2. The van der Waals surface area contributed by atoms with Crippen LogP contribution in [0.2, 0.25) is 0 Å². The number of hydrogen-bond acceptors (Lipinski definition) is 4. The minimum atomic E-state index is -0.307. The van der Waals surface area contributed by atoms with Crippen LogP contribution in [0.3, 0.4) is 0 Å². The zero-order valence-electron chi connectivity index (χ0n) is 11.1. The lowest BCUT2D eigenvalue weighted by Gasteiger charge is -2.04. The number of carbonyl (C=O) groups excluding carboxylic acids is 2. The van der Waals surface area contributed by atoms with Gasteiger partial charge in [0.1, 0.15) is 11.5 Å². The number of Topliss-reactive ketones (excluding diaryl/α,β-unsaturated/α-hetero) is 1. The fourth-order valence-electron chi connectivity index (χ4n) is 2.14. The van der Waals surface area contributed by atoms with E-state index in [1.54, 1.807) is 6.92 Å². The van der Waals surface area contributed by atoms with Crippen LogP contribution in [0.1, 0.15) is 30.9 Å². The van der Waals surface area contributed by atoms with Crippen molar-refractivity contribution < 1.29 is 19.1 Å². The maximum absolute atomic E-state index is 11.8. The van der Waals surface area contributed by atoms with E-state index in [1.807, 2.05) is 18.2 Å². The average Bonchev–Trinajstić information content (AvgIpc) is 2.84. The standard InChI is InChI=1S/C15H18O4/c1-2-18-15(17)6-4-13(16)10-11-3-5-14-12(9-11)7-8-19-14/h3,5,9H,2,4,6-8,10H2,1H3. The topological polar surface area (TPSA) is 52.6 Å². The average molecular weight is 262 g/mol. The first kappa shape index (κ1) is 13.6. The molecule has 4 nitrogen and oxygen atoms in total. The van der Waals surface area contributed by atoms with Gasteiger partial charge in [0.15, 0.2) is 0 Å². The van der Waals surface area contributed by atoms with Crippen molar-refractivity contribution in [3.8, 4) is 5.75 Å². The largest absolute Gasteiger partial charge is 0.493 e. The summed E-state index contributed by atoms with van der Waals surface area (Å²) in [4.78, 5) is 22.9. The van der Waals surface area contributed by atoms with Gasteiger partial charge in [-0.05, 0) is 24.1 Å². The van der Waals surface area contributed by atoms with Crippen molar-refractivity contribution in [2.45, 2.75) is 32.6 Å². The third kappa shape index (κ3) is 3.81. The van der Waals surface area contributed by atoms with Crippen molar-refractivity contribution in [2.24, 2.45) is 0 Å². The van der Waals surface area contributed by atoms with Gasteiger partial charge in [0.25, 0.3) is 0 Å². The van der Waals surface area contributed by atoms with Crippen molar-refractivity contribution >= 4 is 11.8 Å². The van der Waals surface area contributed by atoms with Gasteiger partial charge in [-0.2, -0.15) is 0 Å². The van der Waals surface area contributed by atoms with E-state index in [0.29, 0.717) is 13.0 Å². The van der Waals surface area contributed by atoms with E-state index in [-0.39, 0.29) is 24.6 Å². The third-order valence-corrected chi connectivity index (χ3v) is 3.07. The molecule has 0 N–H and O–H groups in total. The van der Waals surface area contributed by atoms with Gasteiger partial charge in [0.05, 0.1) is 19.6 Å². The van der Waals surface area contributed by atoms with Gasteiger partial charge in [0, 0.05) is 19.3 Å². The number of esters is 1. The van der Waals surface area contributed by atoms with Crippen LogP contribution in [0, 0.1) is 0 Å². The van der Waals surface area contributed by atoms with E-state index >= 15 is 0 Å². The molecule has 1 aliphatic rings. The monoisotopic (exact) mass is 262 g/mol. The molecule has 0 atom stereocenters. The number of carbonyl (C=O) groups is 2. The van der Waals surface area contributed by atoms with Crippen LogP contribution < -0.4 is 4.74 Å². The Bertz CT molecular complexity index is 479. The lowest BCUT2D eigenvalue weighted by atomic mass is 10.0. The van der Waals surface area contributed by atoms with Gasteiger partial charge in [-0.25, -0.2) is 0 Å². The van der Waals surface area contributed by atoms with Crippen LogP contribution in [-0.2, 0) is 27.2 Å². The minimum absolute atomic E-state index is 0.0620. The van der Waals surface area contributed by atoms with Crippen molar-refractivity contribution in [1.82, 2.24) is 0 Å². The maximum atomic E-state index is 11.8. The van der Waals surface area contributed by atoms with E-state index in [1.165, 1.54) is 0 Å². The summed E-state index contributed by atoms with van der Waals surface area (Å²) in [6.45, 7) is 2.83. The molecule has 0 saturated heterocycles. The Balaban J connectivity index is 1.84. The highest BCUT2D eigenvalue weighted by molar-refractivity contribution is 5.84. The molecule has 1 aromatic carbocycles. The quantitative estimate of drug-likeness (QED) is 0.736. The fraction of sp³-hybridized carbons (Fsp3) is 0.467. The highest BCUT2D eigenvalue weighted by Crippen LogP contribution is 2.26. The van der Waals surface area contributed by atoms with E-state index in [0.717, 1.165) is 29.9 Å². The second-order valence-corrected chi connectivity index (χ2v) is 4.56. The number of rotatable bonds is 6. The molecule has 19 heavy (non-hydrogen) atoms. The van der Waals surface area contributed by atoms with Crippen LogP contribution >= 0.6 is 0 Å². The number of hydrogen-bond donors (Lipinski definition) is 0. The molecule has 1 aromatic rings. The fourth-order valence-corrected chi connectivity index (χ4v) is 2.14. The predicted octanol–water partition coefficient (Wildman–Crippen LogP) is 2.08. The summed E-state index contributed by atoms with van der Waals surface area (Å²) in [5.41, 5.74) is 2.15. The van der Waals surface area contributed by atoms with Crippen molar-refractivity contribution in [3.05, 3.63) is 29.3 Å². The Hall–Kier alpha value is -1.84. The first-order valence-electron chi connectivity index (χ1n) is 6.61. The summed E-state index contributed by atoms with van der Waals surface area (Å²) in [6, 6.07) is 5.84. The first-order chi connectivity index (χ1) is 9.19. The molecule has 0 amide bonds. The third-order valence-electron chi connectivity index (χ3n) is 3.07. The molecule has 2 rings (SSSR count). The second kappa shape index (κ2) is 6.36. The summed E-state index contributed by atoms with van der Waals surface area (Å²) in [5, 5.41) is 0. The Morgan fingerprint density at radius 3 is 2.95 bits per heavy atom. The van der Waals surface area contributed by atoms with Crippen LogP contribution in [0.25, 0.3) is 0 Å². The molecule has 0 aromatic heterocycles. The molecule has 1 aliphatic heterocycles. The molecule has 1 heterocycles.